The van der Waals surface area contributed by atoms with Gasteiger partial charge in [-0.1, -0.05) is 26.8 Å². The van der Waals surface area contributed by atoms with Crippen LogP contribution in [-0.2, 0) is 0 Å². The molecule has 1 rings (SSSR count). The molecule has 1 atom stereocenters. The van der Waals surface area contributed by atoms with E-state index >= 15 is 0 Å². The molecule has 0 fully saturated rings. The second-order valence-electron chi connectivity index (χ2n) is 5.25. The molecule has 1 aromatic heterocycles. The van der Waals surface area contributed by atoms with Gasteiger partial charge in [0.15, 0.2) is 5.96 Å². The Morgan fingerprint density at radius 1 is 1.32 bits per heavy atom. The summed E-state index contributed by atoms with van der Waals surface area (Å²) in [7, 11) is 0. The third kappa shape index (κ3) is 6.62. The second kappa shape index (κ2) is 8.97. The van der Waals surface area contributed by atoms with Crippen LogP contribution < -0.4 is 10.6 Å². The summed E-state index contributed by atoms with van der Waals surface area (Å²) in [5, 5.41) is 8.82. The van der Waals surface area contributed by atoms with Crippen LogP contribution in [0.4, 0.5) is 0 Å². The maximum absolute atomic E-state index is 4.67. The van der Waals surface area contributed by atoms with E-state index in [9.17, 15) is 0 Å². The van der Waals surface area contributed by atoms with Gasteiger partial charge in [0, 0.05) is 23.9 Å². The van der Waals surface area contributed by atoms with Crippen LogP contribution in [0.15, 0.2) is 22.5 Å². The van der Waals surface area contributed by atoms with Crippen molar-refractivity contribution in [1.82, 2.24) is 10.6 Å². The van der Waals surface area contributed by atoms with E-state index in [0.29, 0.717) is 5.92 Å². The Bertz CT molecular complexity index is 357. The number of rotatable bonds is 7. The summed E-state index contributed by atoms with van der Waals surface area (Å²) in [4.78, 5) is 6.07. The molecule has 1 aromatic rings. The molecule has 0 amide bonds. The normalized spacial score (nSPS) is 13.6. The molecule has 4 heteroatoms. The highest BCUT2D eigenvalue weighted by atomic mass is 32.1. The van der Waals surface area contributed by atoms with Crippen molar-refractivity contribution in [2.24, 2.45) is 10.9 Å². The van der Waals surface area contributed by atoms with Gasteiger partial charge in [0.2, 0.25) is 0 Å². The quantitative estimate of drug-likeness (QED) is 0.593. The highest BCUT2D eigenvalue weighted by Crippen LogP contribution is 2.20. The first-order chi connectivity index (χ1) is 9.13. The van der Waals surface area contributed by atoms with Crippen LogP contribution in [0.1, 0.15) is 44.9 Å². The predicted octanol–water partition coefficient (Wildman–Crippen LogP) is 3.45. The molecule has 2 N–H and O–H groups in total. The summed E-state index contributed by atoms with van der Waals surface area (Å²) in [6.45, 7) is 11.5. The van der Waals surface area contributed by atoms with Crippen molar-refractivity contribution in [3.63, 3.8) is 0 Å². The maximum atomic E-state index is 4.67. The number of hydrogen-bond acceptors (Lipinski definition) is 2. The van der Waals surface area contributed by atoms with E-state index in [2.05, 4.69) is 60.8 Å². The zero-order valence-corrected chi connectivity index (χ0v) is 13.4. The highest BCUT2D eigenvalue weighted by Gasteiger charge is 2.06. The molecular formula is C15H27N3S. The zero-order valence-electron chi connectivity index (χ0n) is 12.6. The molecule has 0 saturated heterocycles. The number of hydrogen-bond donors (Lipinski definition) is 2. The average Bonchev–Trinajstić information content (AvgIpc) is 2.89. The van der Waals surface area contributed by atoms with Gasteiger partial charge in [0.25, 0.3) is 0 Å². The fraction of sp³-hybridized carbons (Fsp3) is 0.667. The van der Waals surface area contributed by atoms with Crippen LogP contribution in [0, 0.1) is 5.92 Å². The Morgan fingerprint density at radius 3 is 2.68 bits per heavy atom. The Morgan fingerprint density at radius 2 is 2.11 bits per heavy atom. The first-order valence-corrected chi connectivity index (χ1v) is 8.07. The summed E-state index contributed by atoms with van der Waals surface area (Å²) in [5.41, 5.74) is 0. The first kappa shape index (κ1) is 16.0. The highest BCUT2D eigenvalue weighted by molar-refractivity contribution is 7.10. The lowest BCUT2D eigenvalue weighted by Gasteiger charge is -2.13. The van der Waals surface area contributed by atoms with Gasteiger partial charge in [0.1, 0.15) is 0 Å². The van der Waals surface area contributed by atoms with Crippen LogP contribution in [0.2, 0.25) is 0 Å². The Balaban J connectivity index is 2.43. The monoisotopic (exact) mass is 281 g/mol. The SMILES string of the molecule is CCNC(=NCC(C)c1cccs1)NCCC(C)C. The number of guanidine groups is 1. The Hall–Kier alpha value is -1.03. The Labute approximate surface area is 121 Å². The summed E-state index contributed by atoms with van der Waals surface area (Å²) in [6, 6.07) is 4.29. The van der Waals surface area contributed by atoms with Crippen molar-refractivity contribution in [3.8, 4) is 0 Å². The summed E-state index contributed by atoms with van der Waals surface area (Å²) < 4.78 is 0. The molecule has 3 nitrogen and oxygen atoms in total. The number of nitrogens with zero attached hydrogens (tertiary/aromatic N) is 1. The van der Waals surface area contributed by atoms with Gasteiger partial charge in [-0.05, 0) is 30.7 Å². The number of thiophene rings is 1. The minimum absolute atomic E-state index is 0.487. The summed E-state index contributed by atoms with van der Waals surface area (Å²) in [5.74, 6) is 2.15. The van der Waals surface area contributed by atoms with Gasteiger partial charge in [0.05, 0.1) is 6.54 Å². The minimum atomic E-state index is 0.487. The lowest BCUT2D eigenvalue weighted by molar-refractivity contribution is 0.573. The van der Waals surface area contributed by atoms with Crippen LogP contribution in [-0.4, -0.2) is 25.6 Å². The lowest BCUT2D eigenvalue weighted by atomic mass is 10.1. The van der Waals surface area contributed by atoms with E-state index in [1.165, 1.54) is 11.3 Å². The summed E-state index contributed by atoms with van der Waals surface area (Å²) >= 11 is 1.81. The van der Waals surface area contributed by atoms with E-state index in [1.54, 1.807) is 0 Å². The Kier molecular flexibility index (Phi) is 7.56. The van der Waals surface area contributed by atoms with Crippen molar-refractivity contribution in [2.45, 2.75) is 40.0 Å². The molecule has 1 unspecified atom stereocenters. The topological polar surface area (TPSA) is 36.4 Å². The molecule has 0 bridgehead atoms. The standard InChI is InChI=1S/C15H27N3S/c1-5-16-15(17-9-8-12(2)3)18-11-13(4)14-7-6-10-19-14/h6-7,10,12-13H,5,8-9,11H2,1-4H3,(H2,16,17,18). The van der Waals surface area contributed by atoms with Crippen LogP contribution in [0.5, 0.6) is 0 Å². The largest absolute Gasteiger partial charge is 0.357 e. The molecule has 108 valence electrons. The van der Waals surface area contributed by atoms with Crippen molar-refractivity contribution in [1.29, 1.82) is 0 Å². The van der Waals surface area contributed by atoms with E-state index in [-0.39, 0.29) is 0 Å². The van der Waals surface area contributed by atoms with Crippen molar-refractivity contribution in [2.75, 3.05) is 19.6 Å². The van der Waals surface area contributed by atoms with Crippen LogP contribution in [0.25, 0.3) is 0 Å². The van der Waals surface area contributed by atoms with Gasteiger partial charge < -0.3 is 10.6 Å². The predicted molar refractivity (Wildman–Crippen MR) is 86.2 cm³/mol. The minimum Gasteiger partial charge on any atom is -0.357 e. The van der Waals surface area contributed by atoms with Crippen LogP contribution >= 0.6 is 11.3 Å². The van der Waals surface area contributed by atoms with Crippen molar-refractivity contribution in [3.05, 3.63) is 22.4 Å². The molecule has 1 heterocycles. The molecule has 0 aliphatic heterocycles. The van der Waals surface area contributed by atoms with Crippen molar-refractivity contribution < 1.29 is 0 Å². The third-order valence-corrected chi connectivity index (χ3v) is 4.01. The van der Waals surface area contributed by atoms with Crippen molar-refractivity contribution >= 4 is 17.3 Å². The molecular weight excluding hydrogens is 254 g/mol. The van der Waals surface area contributed by atoms with E-state index in [1.807, 2.05) is 11.3 Å². The number of nitrogens with one attached hydrogen (secondary N) is 2. The first-order valence-electron chi connectivity index (χ1n) is 7.19. The van der Waals surface area contributed by atoms with E-state index < -0.39 is 0 Å². The smallest absolute Gasteiger partial charge is 0.191 e. The van der Waals surface area contributed by atoms with Gasteiger partial charge in [-0.15, -0.1) is 11.3 Å². The molecule has 0 saturated carbocycles. The van der Waals surface area contributed by atoms with Gasteiger partial charge in [-0.25, -0.2) is 0 Å². The molecule has 0 spiro atoms. The maximum Gasteiger partial charge on any atom is 0.191 e. The van der Waals surface area contributed by atoms with Crippen LogP contribution in [0.3, 0.4) is 0 Å². The zero-order chi connectivity index (χ0) is 14.1. The second-order valence-corrected chi connectivity index (χ2v) is 6.22. The summed E-state index contributed by atoms with van der Waals surface area (Å²) in [6.07, 6.45) is 1.17. The number of aliphatic imine (C=N–C) groups is 1. The van der Waals surface area contributed by atoms with E-state index in [4.69, 9.17) is 0 Å². The van der Waals surface area contributed by atoms with E-state index in [0.717, 1.165) is 31.5 Å². The fourth-order valence-corrected chi connectivity index (χ4v) is 2.49. The van der Waals surface area contributed by atoms with Gasteiger partial charge in [-0.3, -0.25) is 4.99 Å². The van der Waals surface area contributed by atoms with Gasteiger partial charge in [-0.2, -0.15) is 0 Å². The molecule has 19 heavy (non-hydrogen) atoms. The fourth-order valence-electron chi connectivity index (χ4n) is 1.71. The van der Waals surface area contributed by atoms with Gasteiger partial charge >= 0.3 is 0 Å². The third-order valence-electron chi connectivity index (χ3n) is 2.91. The molecule has 0 aliphatic rings. The molecule has 0 aliphatic carbocycles. The average molecular weight is 281 g/mol. The molecule has 0 radical (unpaired) electrons. The molecule has 0 aromatic carbocycles. The lowest BCUT2D eigenvalue weighted by Crippen LogP contribution is -2.38.